The molecule has 1 unspecified atom stereocenters. The number of carbonyl (C=O) groups excluding carboxylic acids is 2. The van der Waals surface area contributed by atoms with Gasteiger partial charge in [0.2, 0.25) is 11.8 Å². The van der Waals surface area contributed by atoms with Gasteiger partial charge in [0.15, 0.2) is 0 Å². The highest BCUT2D eigenvalue weighted by atomic mass is 35.5. The highest BCUT2D eigenvalue weighted by molar-refractivity contribution is 6.31. The van der Waals surface area contributed by atoms with Crippen molar-refractivity contribution in [3.05, 3.63) is 34.9 Å². The van der Waals surface area contributed by atoms with Gasteiger partial charge in [-0.1, -0.05) is 36.2 Å². The van der Waals surface area contributed by atoms with Gasteiger partial charge in [-0.25, -0.2) is 0 Å². The minimum Gasteiger partial charge on any atom is -0.378 e. The van der Waals surface area contributed by atoms with Crippen LogP contribution in [0.3, 0.4) is 0 Å². The number of likely N-dealkylation sites (tertiary alicyclic amines) is 1. The van der Waals surface area contributed by atoms with Gasteiger partial charge in [-0.15, -0.1) is 0 Å². The molecule has 2 heterocycles. The van der Waals surface area contributed by atoms with Crippen LogP contribution in [0.2, 0.25) is 5.02 Å². The van der Waals surface area contributed by atoms with Gasteiger partial charge >= 0.3 is 0 Å². The number of rotatable bonds is 5. The Bertz CT molecular complexity index is 728. The number of ether oxygens (including phenoxy) is 1. The Labute approximate surface area is 172 Å². The molecule has 5 nitrogen and oxygen atoms in total. The summed E-state index contributed by atoms with van der Waals surface area (Å²) in [6, 6.07) is 7.57. The molecule has 0 N–H and O–H groups in total. The van der Waals surface area contributed by atoms with Crippen LogP contribution in [-0.2, 0) is 20.7 Å². The summed E-state index contributed by atoms with van der Waals surface area (Å²) >= 11 is 6.23. The minimum atomic E-state index is 0.154. The Hall–Kier alpha value is -1.59. The third kappa shape index (κ3) is 4.06. The van der Waals surface area contributed by atoms with E-state index >= 15 is 0 Å². The van der Waals surface area contributed by atoms with Crippen LogP contribution < -0.4 is 0 Å². The molecule has 152 valence electrons. The van der Waals surface area contributed by atoms with Crippen molar-refractivity contribution in [1.29, 1.82) is 0 Å². The molecule has 3 aliphatic rings. The maximum atomic E-state index is 12.9. The van der Waals surface area contributed by atoms with E-state index in [1.54, 1.807) is 0 Å². The molecule has 4 rings (SSSR count). The van der Waals surface area contributed by atoms with Gasteiger partial charge in [0.25, 0.3) is 0 Å². The number of nitrogens with zero attached hydrogens (tertiary/aromatic N) is 2. The van der Waals surface area contributed by atoms with Crippen molar-refractivity contribution in [3.8, 4) is 0 Å². The summed E-state index contributed by atoms with van der Waals surface area (Å²) in [4.78, 5) is 29.4. The van der Waals surface area contributed by atoms with Crippen molar-refractivity contribution in [3.63, 3.8) is 0 Å². The molecular formula is C22H29ClN2O3. The average molecular weight is 405 g/mol. The Morgan fingerprint density at radius 1 is 1.11 bits per heavy atom. The van der Waals surface area contributed by atoms with Gasteiger partial charge in [-0.3, -0.25) is 9.59 Å². The van der Waals surface area contributed by atoms with E-state index in [9.17, 15) is 9.59 Å². The lowest BCUT2D eigenvalue weighted by Gasteiger charge is -2.43. The monoisotopic (exact) mass is 404 g/mol. The van der Waals surface area contributed by atoms with Crippen LogP contribution in [0.15, 0.2) is 24.3 Å². The second kappa shape index (κ2) is 8.42. The van der Waals surface area contributed by atoms with E-state index in [0.717, 1.165) is 25.1 Å². The first-order chi connectivity index (χ1) is 13.6. The Balaban J connectivity index is 1.35. The molecule has 2 saturated heterocycles. The lowest BCUT2D eigenvalue weighted by Crippen LogP contribution is -2.42. The van der Waals surface area contributed by atoms with E-state index in [1.807, 2.05) is 34.1 Å². The van der Waals surface area contributed by atoms with Crippen LogP contribution in [0.1, 0.15) is 37.7 Å². The summed E-state index contributed by atoms with van der Waals surface area (Å²) in [5.74, 6) is 0.821. The van der Waals surface area contributed by atoms with Crippen LogP contribution in [0, 0.1) is 11.3 Å². The third-order valence-corrected chi connectivity index (χ3v) is 7.25. The molecule has 2 amide bonds. The number of benzene rings is 1. The van der Waals surface area contributed by atoms with Crippen molar-refractivity contribution in [2.75, 3.05) is 39.4 Å². The van der Waals surface area contributed by atoms with Crippen LogP contribution >= 0.6 is 11.6 Å². The van der Waals surface area contributed by atoms with Gasteiger partial charge in [0.05, 0.1) is 19.6 Å². The van der Waals surface area contributed by atoms with Crippen molar-refractivity contribution in [2.24, 2.45) is 11.3 Å². The number of morpholine rings is 1. The molecular weight excluding hydrogens is 376 g/mol. The second-order valence-electron chi connectivity index (χ2n) is 8.49. The molecule has 1 aromatic carbocycles. The fraction of sp³-hybridized carbons (Fsp3) is 0.636. The summed E-state index contributed by atoms with van der Waals surface area (Å²) in [6.45, 7) is 4.31. The van der Waals surface area contributed by atoms with Gasteiger partial charge < -0.3 is 14.5 Å². The molecule has 3 fully saturated rings. The predicted octanol–water partition coefficient (Wildman–Crippen LogP) is 3.15. The van der Waals surface area contributed by atoms with Gasteiger partial charge in [0.1, 0.15) is 0 Å². The molecule has 0 radical (unpaired) electrons. The van der Waals surface area contributed by atoms with Crippen LogP contribution in [0.5, 0.6) is 0 Å². The SMILES string of the molecule is O=C(CCC1CN(C(=O)Cc2ccccc2Cl)CC12CCC2)N1CCOCC1. The van der Waals surface area contributed by atoms with Gasteiger partial charge in [-0.2, -0.15) is 0 Å². The predicted molar refractivity (Wildman–Crippen MR) is 108 cm³/mol. The van der Waals surface area contributed by atoms with Crippen LogP contribution in [0.25, 0.3) is 0 Å². The van der Waals surface area contributed by atoms with Crippen LogP contribution in [-0.4, -0.2) is 61.0 Å². The minimum absolute atomic E-state index is 0.154. The van der Waals surface area contributed by atoms with Crippen molar-refractivity contribution < 1.29 is 14.3 Å². The molecule has 1 aliphatic carbocycles. The molecule has 1 saturated carbocycles. The molecule has 2 aliphatic heterocycles. The van der Waals surface area contributed by atoms with Crippen LogP contribution in [0.4, 0.5) is 0 Å². The van der Waals surface area contributed by atoms with E-state index in [2.05, 4.69) is 0 Å². The first-order valence-electron chi connectivity index (χ1n) is 10.4. The Morgan fingerprint density at radius 2 is 1.86 bits per heavy atom. The fourth-order valence-corrected chi connectivity index (χ4v) is 5.21. The number of hydrogen-bond donors (Lipinski definition) is 0. The normalized spacial score (nSPS) is 23.7. The molecule has 0 aromatic heterocycles. The zero-order valence-electron chi connectivity index (χ0n) is 16.4. The standard InChI is InChI=1S/C22H29ClN2O3/c23-19-5-2-1-4-17(19)14-21(27)25-15-18(22(16-25)8-3-9-22)6-7-20(26)24-10-12-28-13-11-24/h1-2,4-5,18H,3,6-16H2. The molecule has 1 atom stereocenters. The fourth-order valence-electron chi connectivity index (χ4n) is 5.00. The summed E-state index contributed by atoms with van der Waals surface area (Å²) in [7, 11) is 0. The average Bonchev–Trinajstić information content (AvgIpc) is 3.09. The zero-order chi connectivity index (χ0) is 19.6. The molecule has 1 aromatic rings. The first kappa shape index (κ1) is 19.7. The Kier molecular flexibility index (Phi) is 5.93. The van der Waals surface area contributed by atoms with Crippen molar-refractivity contribution in [2.45, 2.75) is 38.5 Å². The van der Waals surface area contributed by atoms with Gasteiger partial charge in [0, 0.05) is 37.6 Å². The lowest BCUT2D eigenvalue weighted by molar-refractivity contribution is -0.135. The topological polar surface area (TPSA) is 49.9 Å². The zero-order valence-corrected chi connectivity index (χ0v) is 17.1. The number of hydrogen-bond acceptors (Lipinski definition) is 3. The number of halogens is 1. The van der Waals surface area contributed by atoms with Crippen molar-refractivity contribution >= 4 is 23.4 Å². The molecule has 1 spiro atoms. The third-order valence-electron chi connectivity index (χ3n) is 6.88. The largest absolute Gasteiger partial charge is 0.378 e. The van der Waals surface area contributed by atoms with E-state index in [0.29, 0.717) is 50.1 Å². The Morgan fingerprint density at radius 3 is 2.54 bits per heavy atom. The highest BCUT2D eigenvalue weighted by Crippen LogP contribution is 2.53. The molecule has 6 heteroatoms. The van der Waals surface area contributed by atoms with E-state index in [-0.39, 0.29) is 17.2 Å². The maximum absolute atomic E-state index is 12.9. The van der Waals surface area contributed by atoms with Crippen molar-refractivity contribution in [1.82, 2.24) is 9.80 Å². The van der Waals surface area contributed by atoms with E-state index < -0.39 is 0 Å². The van der Waals surface area contributed by atoms with E-state index in [4.69, 9.17) is 16.3 Å². The highest BCUT2D eigenvalue weighted by Gasteiger charge is 2.51. The summed E-state index contributed by atoms with van der Waals surface area (Å²) in [5, 5.41) is 0.654. The summed E-state index contributed by atoms with van der Waals surface area (Å²) < 4.78 is 5.34. The van der Waals surface area contributed by atoms with E-state index in [1.165, 1.54) is 19.3 Å². The quantitative estimate of drug-likeness (QED) is 0.757. The van der Waals surface area contributed by atoms with Gasteiger partial charge in [-0.05, 0) is 42.2 Å². The number of carbonyl (C=O) groups is 2. The second-order valence-corrected chi connectivity index (χ2v) is 8.89. The summed E-state index contributed by atoms with van der Waals surface area (Å²) in [5.41, 5.74) is 1.13. The maximum Gasteiger partial charge on any atom is 0.227 e. The molecule has 0 bridgehead atoms. The summed E-state index contributed by atoms with van der Waals surface area (Å²) in [6.07, 6.45) is 5.42. The lowest BCUT2D eigenvalue weighted by atomic mass is 9.62. The smallest absolute Gasteiger partial charge is 0.227 e. The molecule has 28 heavy (non-hydrogen) atoms. The number of amides is 2. The first-order valence-corrected chi connectivity index (χ1v) is 10.8.